The first-order valence-corrected chi connectivity index (χ1v) is 14.9. The van der Waals surface area contributed by atoms with Crippen LogP contribution < -0.4 is 9.47 Å². The first kappa shape index (κ1) is 22.4. The van der Waals surface area contributed by atoms with Crippen molar-refractivity contribution in [3.05, 3.63) is 59.7 Å². The molecule has 0 N–H and O–H groups in total. The van der Waals surface area contributed by atoms with Crippen molar-refractivity contribution in [1.29, 1.82) is 0 Å². The molecule has 1 amide bonds. The second kappa shape index (κ2) is 8.21. The van der Waals surface area contributed by atoms with Gasteiger partial charge in [0.15, 0.2) is 11.5 Å². The molecule has 6 heteroatoms. The number of ether oxygens (including phenoxy) is 2. The number of amides is 1. The van der Waals surface area contributed by atoms with Crippen molar-refractivity contribution in [2.45, 2.75) is 50.5 Å². The Hall–Kier alpha value is -2.57. The van der Waals surface area contributed by atoms with E-state index in [0.29, 0.717) is 23.4 Å². The largest absolute Gasteiger partial charge is 0.454 e. The Morgan fingerprint density at radius 1 is 0.892 bits per heavy atom. The summed E-state index contributed by atoms with van der Waals surface area (Å²) in [5.41, 5.74) is 5.17. The molecule has 2 heterocycles. The van der Waals surface area contributed by atoms with Gasteiger partial charge in [0, 0.05) is 5.56 Å². The number of fused-ring (bicyclic) bond motifs is 2. The number of carbonyl (C=O) groups is 1. The van der Waals surface area contributed by atoms with Gasteiger partial charge < -0.3 is 9.47 Å². The van der Waals surface area contributed by atoms with E-state index in [2.05, 4.69) is 48.5 Å². The van der Waals surface area contributed by atoms with Gasteiger partial charge in [-0.15, -0.1) is 0 Å². The molecule has 0 aromatic heterocycles. The molecule has 0 spiro atoms. The maximum absolute atomic E-state index is 12.2. The third-order valence-electron chi connectivity index (χ3n) is 9.50. The zero-order valence-electron chi connectivity index (χ0n) is 20.7. The molecule has 37 heavy (non-hydrogen) atoms. The number of rotatable bonds is 4. The molecule has 3 aromatic rings. The lowest BCUT2D eigenvalue weighted by Gasteiger charge is -2.57. The second-order valence-electron chi connectivity index (χ2n) is 11.9. The van der Waals surface area contributed by atoms with E-state index in [1.165, 1.54) is 77.7 Å². The summed E-state index contributed by atoms with van der Waals surface area (Å²) in [4.78, 5) is 13.9. The van der Waals surface area contributed by atoms with Gasteiger partial charge in [-0.1, -0.05) is 48.2 Å². The predicted octanol–water partition coefficient (Wildman–Crippen LogP) is 7.06. The molecule has 2 aliphatic heterocycles. The van der Waals surface area contributed by atoms with Crippen LogP contribution in [0.5, 0.6) is 11.5 Å². The Morgan fingerprint density at radius 3 is 2.35 bits per heavy atom. The van der Waals surface area contributed by atoms with Gasteiger partial charge >= 0.3 is 0 Å². The summed E-state index contributed by atoms with van der Waals surface area (Å²) in [6, 6.07) is 17.7. The molecule has 1 saturated heterocycles. The van der Waals surface area contributed by atoms with Gasteiger partial charge in [0.25, 0.3) is 0 Å². The molecule has 0 radical (unpaired) electrons. The zero-order valence-corrected chi connectivity index (χ0v) is 22.3. The minimum atomic E-state index is 0.100. The van der Waals surface area contributed by atoms with Crippen LogP contribution in [0.4, 0.5) is 0 Å². The van der Waals surface area contributed by atoms with E-state index in [9.17, 15) is 4.79 Å². The van der Waals surface area contributed by atoms with E-state index in [1.54, 1.807) is 4.90 Å². The van der Waals surface area contributed by atoms with Crippen molar-refractivity contribution in [1.82, 2.24) is 4.90 Å². The Morgan fingerprint density at radius 2 is 1.62 bits per heavy atom. The highest BCUT2D eigenvalue weighted by molar-refractivity contribution is 8.23. The minimum Gasteiger partial charge on any atom is -0.454 e. The number of hydrogen-bond donors (Lipinski definition) is 0. The van der Waals surface area contributed by atoms with E-state index in [1.807, 2.05) is 0 Å². The van der Waals surface area contributed by atoms with Crippen molar-refractivity contribution in [2.24, 2.45) is 17.8 Å². The molecule has 0 unspecified atom stereocenters. The molecule has 5 fully saturated rings. The molecule has 4 saturated carbocycles. The smallest absolute Gasteiger partial charge is 0.238 e. The molecule has 4 nitrogen and oxygen atoms in total. The average Bonchev–Trinajstić information content (AvgIpc) is 3.49. The van der Waals surface area contributed by atoms with Crippen LogP contribution in [-0.2, 0) is 16.8 Å². The van der Waals surface area contributed by atoms with E-state index < -0.39 is 0 Å². The lowest BCUT2D eigenvalue weighted by Crippen LogP contribution is -2.48. The fourth-order valence-corrected chi connectivity index (χ4v) is 9.37. The van der Waals surface area contributed by atoms with Gasteiger partial charge in [-0.05, 0) is 113 Å². The van der Waals surface area contributed by atoms with Crippen molar-refractivity contribution < 1.29 is 14.3 Å². The van der Waals surface area contributed by atoms with E-state index in [-0.39, 0.29) is 11.3 Å². The number of thiocarbonyl (C=S) groups is 1. The molecule has 9 rings (SSSR count). The van der Waals surface area contributed by atoms with Crippen molar-refractivity contribution in [2.75, 3.05) is 12.5 Å². The van der Waals surface area contributed by atoms with Crippen molar-refractivity contribution in [3.63, 3.8) is 0 Å². The average molecular weight is 528 g/mol. The summed E-state index contributed by atoms with van der Waals surface area (Å²) in [5, 5.41) is 2.37. The van der Waals surface area contributed by atoms with E-state index in [4.69, 9.17) is 21.7 Å². The standard InChI is InChI=1S/C31H29NO3S2/c33-28-16-37-30(36)32(28)15-18-1-2-23-9-24(4-3-22(23)8-18)25-10-26(29-27(11-25)34-17-35-29)31-12-19-5-20(13-31)7-21(6-19)14-31/h1-4,8-11,19-21H,5-7,12-17H2. The Balaban J connectivity index is 1.16. The third-order valence-corrected chi connectivity index (χ3v) is 10.9. The maximum atomic E-state index is 12.2. The van der Waals surface area contributed by atoms with Crippen LogP contribution in [0.3, 0.4) is 0 Å². The Labute approximate surface area is 226 Å². The molecular weight excluding hydrogens is 498 g/mol. The van der Waals surface area contributed by atoms with Gasteiger partial charge in [0.2, 0.25) is 12.7 Å². The third kappa shape index (κ3) is 3.63. The van der Waals surface area contributed by atoms with Crippen LogP contribution in [0.1, 0.15) is 49.7 Å². The highest BCUT2D eigenvalue weighted by atomic mass is 32.2. The van der Waals surface area contributed by atoms with Crippen LogP contribution in [0.25, 0.3) is 21.9 Å². The number of benzene rings is 3. The molecule has 4 aliphatic carbocycles. The van der Waals surface area contributed by atoms with Crippen molar-refractivity contribution >= 4 is 45.0 Å². The van der Waals surface area contributed by atoms with E-state index >= 15 is 0 Å². The van der Waals surface area contributed by atoms with Crippen LogP contribution in [0, 0.1) is 17.8 Å². The molecule has 3 aromatic carbocycles. The predicted molar refractivity (Wildman–Crippen MR) is 151 cm³/mol. The monoisotopic (exact) mass is 527 g/mol. The fourth-order valence-electron chi connectivity index (χ4n) is 8.30. The highest BCUT2D eigenvalue weighted by Gasteiger charge is 2.53. The number of nitrogens with zero attached hydrogens (tertiary/aromatic N) is 1. The van der Waals surface area contributed by atoms with Gasteiger partial charge in [-0.3, -0.25) is 9.69 Å². The van der Waals surface area contributed by atoms with Crippen LogP contribution in [0.2, 0.25) is 0 Å². The van der Waals surface area contributed by atoms with Crippen LogP contribution in [0.15, 0.2) is 48.5 Å². The summed E-state index contributed by atoms with van der Waals surface area (Å²) in [5.74, 6) is 5.11. The molecule has 0 atom stereocenters. The normalized spacial score (nSPS) is 29.6. The highest BCUT2D eigenvalue weighted by Crippen LogP contribution is 2.63. The molecule has 6 aliphatic rings. The number of carbonyl (C=O) groups excluding carboxylic acids is 1. The summed E-state index contributed by atoms with van der Waals surface area (Å²) >= 11 is 6.81. The quantitative estimate of drug-likeness (QED) is 0.340. The van der Waals surface area contributed by atoms with Crippen LogP contribution >= 0.6 is 24.0 Å². The lowest BCUT2D eigenvalue weighted by atomic mass is 9.48. The molecular formula is C31H29NO3S2. The summed E-state index contributed by atoms with van der Waals surface area (Å²) in [6.45, 7) is 0.860. The number of hydrogen-bond acceptors (Lipinski definition) is 5. The second-order valence-corrected chi connectivity index (χ2v) is 13.5. The Bertz CT molecular complexity index is 1430. The van der Waals surface area contributed by atoms with E-state index in [0.717, 1.165) is 34.8 Å². The molecule has 188 valence electrons. The van der Waals surface area contributed by atoms with Crippen molar-refractivity contribution in [3.8, 4) is 22.6 Å². The van der Waals surface area contributed by atoms with Gasteiger partial charge in [0.1, 0.15) is 4.32 Å². The zero-order chi connectivity index (χ0) is 24.7. The number of thioether (sulfide) groups is 1. The first-order valence-electron chi connectivity index (χ1n) is 13.5. The summed E-state index contributed by atoms with van der Waals surface area (Å²) in [7, 11) is 0. The van der Waals surface area contributed by atoms with Crippen LogP contribution in [-0.4, -0.2) is 27.7 Å². The first-order chi connectivity index (χ1) is 18.0. The fraction of sp³-hybridized carbons (Fsp3) is 0.419. The van der Waals surface area contributed by atoms with Gasteiger partial charge in [0.05, 0.1) is 12.3 Å². The topological polar surface area (TPSA) is 38.8 Å². The minimum absolute atomic E-state index is 0.100. The SMILES string of the molecule is O=C1CSC(=S)N1Cc1ccc2cc(-c3cc4c(c(C56CC7CC(CC(C7)C5)C6)c3)OCO4)ccc2c1. The molecule has 4 bridgehead atoms. The maximum Gasteiger partial charge on any atom is 0.238 e. The summed E-state index contributed by atoms with van der Waals surface area (Å²) < 4.78 is 12.8. The Kier molecular flexibility index (Phi) is 4.98. The lowest BCUT2D eigenvalue weighted by molar-refractivity contribution is -0.124. The van der Waals surface area contributed by atoms with Gasteiger partial charge in [-0.2, -0.15) is 0 Å². The summed E-state index contributed by atoms with van der Waals surface area (Å²) in [6.07, 6.45) is 8.21. The van der Waals surface area contributed by atoms with Gasteiger partial charge in [-0.25, -0.2) is 0 Å².